The Balaban J connectivity index is 2.18. The first-order valence-electron chi connectivity index (χ1n) is 6.76. The lowest BCUT2D eigenvalue weighted by atomic mass is 10.0. The average Bonchev–Trinajstić information content (AvgIpc) is 2.53. The Bertz CT molecular complexity index is 483. The van der Waals surface area contributed by atoms with Gasteiger partial charge in [-0.3, -0.25) is 4.79 Å². The van der Waals surface area contributed by atoms with Crippen molar-refractivity contribution in [3.05, 3.63) is 35.4 Å². The van der Waals surface area contributed by atoms with Gasteiger partial charge in [-0.1, -0.05) is 12.1 Å². The normalized spacial score (nSPS) is 18.7. The minimum absolute atomic E-state index is 0.0526. The summed E-state index contributed by atoms with van der Waals surface area (Å²) >= 11 is 0. The number of carbonyl (C=O) groups excluding carboxylic acids is 2. The van der Waals surface area contributed by atoms with Crippen LogP contribution in [0.3, 0.4) is 0 Å². The largest absolute Gasteiger partial charge is 0.467 e. The minimum Gasteiger partial charge on any atom is -0.467 e. The Kier molecular flexibility index (Phi) is 4.74. The second kappa shape index (κ2) is 6.52. The first kappa shape index (κ1) is 14.5. The van der Waals surface area contributed by atoms with Crippen molar-refractivity contribution in [1.29, 1.82) is 0 Å². The highest BCUT2D eigenvalue weighted by Gasteiger charge is 2.33. The van der Waals surface area contributed by atoms with E-state index in [1.54, 1.807) is 29.2 Å². The number of amides is 1. The van der Waals surface area contributed by atoms with Gasteiger partial charge in [0.05, 0.1) is 13.7 Å². The van der Waals surface area contributed by atoms with Crippen LogP contribution in [0, 0.1) is 0 Å². The van der Waals surface area contributed by atoms with E-state index in [1.807, 2.05) is 0 Å². The first-order chi connectivity index (χ1) is 9.67. The summed E-state index contributed by atoms with van der Waals surface area (Å²) < 4.78 is 4.78. The zero-order chi connectivity index (χ0) is 14.5. The van der Waals surface area contributed by atoms with Crippen LogP contribution in [0.4, 0.5) is 0 Å². The molecule has 1 aromatic rings. The molecule has 0 aliphatic carbocycles. The summed E-state index contributed by atoms with van der Waals surface area (Å²) in [7, 11) is 1.34. The van der Waals surface area contributed by atoms with Crippen LogP contribution in [0.2, 0.25) is 0 Å². The van der Waals surface area contributed by atoms with Crippen LogP contribution in [0.5, 0.6) is 0 Å². The number of likely N-dealkylation sites (tertiary alicyclic amines) is 1. The van der Waals surface area contributed by atoms with Crippen LogP contribution in [0.1, 0.15) is 35.2 Å². The van der Waals surface area contributed by atoms with Crippen molar-refractivity contribution in [3.8, 4) is 0 Å². The predicted octanol–water partition coefficient (Wildman–Crippen LogP) is 1.35. The van der Waals surface area contributed by atoms with Gasteiger partial charge >= 0.3 is 5.97 Å². The van der Waals surface area contributed by atoms with E-state index in [4.69, 9.17) is 9.84 Å². The van der Waals surface area contributed by atoms with Gasteiger partial charge < -0.3 is 14.7 Å². The fourth-order valence-corrected chi connectivity index (χ4v) is 2.47. The zero-order valence-corrected chi connectivity index (χ0v) is 11.5. The Morgan fingerprint density at radius 1 is 1.30 bits per heavy atom. The van der Waals surface area contributed by atoms with E-state index in [0.717, 1.165) is 18.4 Å². The number of hydrogen-bond donors (Lipinski definition) is 1. The number of benzene rings is 1. The Hall–Kier alpha value is -1.88. The standard InChI is InChI=1S/C15H19NO4/c1-20-15(19)13-4-2-3-9-16(13)14(18)12-7-5-11(10-17)6-8-12/h5-8,13,17H,2-4,9-10H2,1H3/t13-/m1/s1. The maximum absolute atomic E-state index is 12.5. The molecular weight excluding hydrogens is 258 g/mol. The summed E-state index contributed by atoms with van der Waals surface area (Å²) in [4.78, 5) is 25.8. The molecule has 1 amide bonds. The lowest BCUT2D eigenvalue weighted by Crippen LogP contribution is -2.48. The monoisotopic (exact) mass is 277 g/mol. The molecule has 1 heterocycles. The molecule has 5 nitrogen and oxygen atoms in total. The molecule has 0 spiro atoms. The van der Waals surface area contributed by atoms with E-state index >= 15 is 0 Å². The molecule has 0 aromatic heterocycles. The number of aliphatic hydroxyl groups is 1. The summed E-state index contributed by atoms with van der Waals surface area (Å²) in [6.07, 6.45) is 2.47. The topological polar surface area (TPSA) is 66.8 Å². The SMILES string of the molecule is COC(=O)[C@H]1CCCCN1C(=O)c1ccc(CO)cc1. The second-order valence-electron chi connectivity index (χ2n) is 4.89. The Morgan fingerprint density at radius 3 is 2.60 bits per heavy atom. The molecule has 1 saturated heterocycles. The van der Waals surface area contributed by atoms with Gasteiger partial charge in [0, 0.05) is 12.1 Å². The molecule has 1 N–H and O–H groups in total. The quantitative estimate of drug-likeness (QED) is 0.847. The highest BCUT2D eigenvalue weighted by Crippen LogP contribution is 2.21. The van der Waals surface area contributed by atoms with E-state index in [2.05, 4.69) is 0 Å². The lowest BCUT2D eigenvalue weighted by molar-refractivity contribution is -0.147. The van der Waals surface area contributed by atoms with Gasteiger partial charge in [-0.15, -0.1) is 0 Å². The fraction of sp³-hybridized carbons (Fsp3) is 0.467. The maximum Gasteiger partial charge on any atom is 0.328 e. The summed E-state index contributed by atoms with van der Waals surface area (Å²) in [5.74, 6) is -0.519. The number of aliphatic hydroxyl groups excluding tert-OH is 1. The predicted molar refractivity (Wildman–Crippen MR) is 73.1 cm³/mol. The van der Waals surface area contributed by atoms with E-state index in [-0.39, 0.29) is 18.5 Å². The maximum atomic E-state index is 12.5. The number of ether oxygens (including phenoxy) is 1. The molecular formula is C15H19NO4. The fourth-order valence-electron chi connectivity index (χ4n) is 2.47. The highest BCUT2D eigenvalue weighted by atomic mass is 16.5. The lowest BCUT2D eigenvalue weighted by Gasteiger charge is -2.33. The molecule has 0 saturated carbocycles. The van der Waals surface area contributed by atoms with Crippen LogP contribution in [0.25, 0.3) is 0 Å². The van der Waals surface area contributed by atoms with Crippen molar-refractivity contribution in [2.45, 2.75) is 31.9 Å². The molecule has 5 heteroatoms. The van der Waals surface area contributed by atoms with Crippen molar-refractivity contribution >= 4 is 11.9 Å². The molecule has 1 aliphatic rings. The highest BCUT2D eigenvalue weighted by molar-refractivity contribution is 5.97. The number of esters is 1. The smallest absolute Gasteiger partial charge is 0.328 e. The minimum atomic E-state index is -0.487. The van der Waals surface area contributed by atoms with Crippen molar-refractivity contribution in [2.24, 2.45) is 0 Å². The summed E-state index contributed by atoms with van der Waals surface area (Å²) in [6.45, 7) is 0.517. The van der Waals surface area contributed by atoms with E-state index < -0.39 is 6.04 Å². The third-order valence-corrected chi connectivity index (χ3v) is 3.62. The number of carbonyl (C=O) groups is 2. The van der Waals surface area contributed by atoms with Crippen LogP contribution in [0.15, 0.2) is 24.3 Å². The molecule has 20 heavy (non-hydrogen) atoms. The molecule has 0 radical (unpaired) electrons. The van der Waals surface area contributed by atoms with Crippen molar-refractivity contribution in [3.63, 3.8) is 0 Å². The van der Waals surface area contributed by atoms with Gasteiger partial charge in [0.2, 0.25) is 0 Å². The molecule has 108 valence electrons. The molecule has 0 unspecified atom stereocenters. The number of rotatable bonds is 3. The third-order valence-electron chi connectivity index (χ3n) is 3.62. The van der Waals surface area contributed by atoms with E-state index in [9.17, 15) is 9.59 Å². The molecule has 1 fully saturated rings. The summed E-state index contributed by atoms with van der Waals surface area (Å²) in [5.41, 5.74) is 1.28. The van der Waals surface area contributed by atoms with Crippen molar-refractivity contribution in [2.75, 3.05) is 13.7 Å². The van der Waals surface area contributed by atoms with Crippen LogP contribution in [-0.2, 0) is 16.1 Å². The van der Waals surface area contributed by atoms with Gasteiger partial charge in [0.25, 0.3) is 5.91 Å². The van der Waals surface area contributed by atoms with Gasteiger partial charge in [-0.25, -0.2) is 4.79 Å². The van der Waals surface area contributed by atoms with Gasteiger partial charge in [0.15, 0.2) is 0 Å². The van der Waals surface area contributed by atoms with E-state index in [1.165, 1.54) is 7.11 Å². The Morgan fingerprint density at radius 2 is 2.00 bits per heavy atom. The van der Waals surface area contributed by atoms with Crippen molar-refractivity contribution < 1.29 is 19.4 Å². The van der Waals surface area contributed by atoms with Gasteiger partial charge in [-0.2, -0.15) is 0 Å². The summed E-state index contributed by atoms with van der Waals surface area (Å²) in [5, 5.41) is 9.01. The third kappa shape index (κ3) is 2.99. The van der Waals surface area contributed by atoms with E-state index in [0.29, 0.717) is 18.5 Å². The molecule has 1 aromatic carbocycles. The average molecular weight is 277 g/mol. The molecule has 1 atom stereocenters. The number of hydrogen-bond acceptors (Lipinski definition) is 4. The zero-order valence-electron chi connectivity index (χ0n) is 11.5. The molecule has 2 rings (SSSR count). The van der Waals surface area contributed by atoms with Crippen molar-refractivity contribution in [1.82, 2.24) is 4.90 Å². The van der Waals surface area contributed by atoms with Crippen LogP contribution < -0.4 is 0 Å². The van der Waals surface area contributed by atoms with Gasteiger partial charge in [0.1, 0.15) is 6.04 Å². The molecule has 0 bridgehead atoms. The number of methoxy groups -OCH3 is 1. The second-order valence-corrected chi connectivity index (χ2v) is 4.89. The van der Waals surface area contributed by atoms with Gasteiger partial charge in [-0.05, 0) is 37.0 Å². The number of nitrogens with zero attached hydrogens (tertiary/aromatic N) is 1. The first-order valence-corrected chi connectivity index (χ1v) is 6.76. The summed E-state index contributed by atoms with van der Waals surface area (Å²) in [6, 6.07) is 6.29. The van der Waals surface area contributed by atoms with Crippen LogP contribution in [-0.4, -0.2) is 41.6 Å². The Labute approximate surface area is 118 Å². The number of piperidine rings is 1. The van der Waals surface area contributed by atoms with Crippen LogP contribution >= 0.6 is 0 Å². The molecule has 1 aliphatic heterocycles.